The van der Waals surface area contributed by atoms with Gasteiger partial charge in [-0.1, -0.05) is 11.6 Å². The number of likely N-dealkylation sites (tertiary alicyclic amines) is 1. The second kappa shape index (κ2) is 8.60. The van der Waals surface area contributed by atoms with Crippen LogP contribution in [0.2, 0.25) is 5.02 Å². The van der Waals surface area contributed by atoms with Gasteiger partial charge in [-0.2, -0.15) is 4.80 Å². The molecule has 1 atom stereocenters. The largest absolute Gasteiger partial charge is 0.341 e. The molecule has 3 rings (SSSR count). The van der Waals surface area contributed by atoms with Crippen LogP contribution in [0.25, 0.3) is 11.4 Å². The molecule has 1 aromatic carbocycles. The number of nitrogens with zero attached hydrogens (tertiary/aromatic N) is 5. The van der Waals surface area contributed by atoms with E-state index in [0.29, 0.717) is 16.8 Å². The Kier molecular flexibility index (Phi) is 6.75. The molecule has 0 bridgehead atoms. The molecule has 7 nitrogen and oxygen atoms in total. The molecule has 136 valence electrons. The van der Waals surface area contributed by atoms with Gasteiger partial charge in [0.05, 0.1) is 0 Å². The van der Waals surface area contributed by atoms with Crippen molar-refractivity contribution in [2.75, 3.05) is 13.1 Å². The van der Waals surface area contributed by atoms with E-state index in [9.17, 15) is 4.79 Å². The van der Waals surface area contributed by atoms with Gasteiger partial charge in [0.25, 0.3) is 0 Å². The molecule has 1 aliphatic heterocycles. The molecule has 1 fully saturated rings. The molecule has 0 aliphatic carbocycles. The summed E-state index contributed by atoms with van der Waals surface area (Å²) in [5.74, 6) is 0.989. The van der Waals surface area contributed by atoms with Crippen LogP contribution in [0, 0.1) is 5.92 Å². The summed E-state index contributed by atoms with van der Waals surface area (Å²) in [6.45, 7) is 3.61. The van der Waals surface area contributed by atoms with E-state index in [1.54, 1.807) is 12.1 Å². The van der Waals surface area contributed by atoms with Crippen LogP contribution in [0.15, 0.2) is 24.3 Å². The second-order valence-corrected chi connectivity index (χ2v) is 6.66. The third-order valence-electron chi connectivity index (χ3n) is 4.47. The molecule has 1 amide bonds. The van der Waals surface area contributed by atoms with Crippen molar-refractivity contribution in [2.45, 2.75) is 32.4 Å². The van der Waals surface area contributed by atoms with Gasteiger partial charge in [-0.3, -0.25) is 4.79 Å². The van der Waals surface area contributed by atoms with Crippen LogP contribution < -0.4 is 5.73 Å². The number of halogens is 2. The van der Waals surface area contributed by atoms with Crippen molar-refractivity contribution in [2.24, 2.45) is 11.7 Å². The van der Waals surface area contributed by atoms with Crippen molar-refractivity contribution in [1.29, 1.82) is 0 Å². The summed E-state index contributed by atoms with van der Waals surface area (Å²) in [7, 11) is 0. The monoisotopic (exact) mass is 384 g/mol. The minimum Gasteiger partial charge on any atom is -0.341 e. The van der Waals surface area contributed by atoms with Crippen LogP contribution in [0.3, 0.4) is 0 Å². The maximum Gasteiger partial charge on any atom is 0.246 e. The molecule has 2 aromatic rings. The fraction of sp³-hybridized carbons (Fsp3) is 0.500. The van der Waals surface area contributed by atoms with Crippen LogP contribution in [0.4, 0.5) is 0 Å². The quantitative estimate of drug-likeness (QED) is 0.870. The Morgan fingerprint density at radius 1 is 1.32 bits per heavy atom. The highest BCUT2D eigenvalue weighted by atomic mass is 35.5. The number of carbonyl (C=O) groups excluding carboxylic acids is 1. The first kappa shape index (κ1) is 19.6. The van der Waals surface area contributed by atoms with Crippen LogP contribution >= 0.6 is 24.0 Å². The van der Waals surface area contributed by atoms with Crippen molar-refractivity contribution in [3.63, 3.8) is 0 Å². The van der Waals surface area contributed by atoms with Crippen molar-refractivity contribution >= 4 is 29.9 Å². The zero-order valence-corrected chi connectivity index (χ0v) is 15.6. The van der Waals surface area contributed by atoms with Crippen LogP contribution in [0.5, 0.6) is 0 Å². The predicted octanol–water partition coefficient (Wildman–Crippen LogP) is 2.00. The van der Waals surface area contributed by atoms with E-state index in [1.165, 1.54) is 4.80 Å². The van der Waals surface area contributed by atoms with Crippen LogP contribution in [-0.2, 0) is 11.3 Å². The van der Waals surface area contributed by atoms with Crippen molar-refractivity contribution < 1.29 is 4.79 Å². The van der Waals surface area contributed by atoms with E-state index in [-0.39, 0.29) is 30.9 Å². The summed E-state index contributed by atoms with van der Waals surface area (Å²) in [6.07, 6.45) is 1.90. The van der Waals surface area contributed by atoms with E-state index >= 15 is 0 Å². The predicted molar refractivity (Wildman–Crippen MR) is 98.5 cm³/mol. The molecule has 1 aromatic heterocycles. The molecular weight excluding hydrogens is 363 g/mol. The zero-order chi connectivity index (χ0) is 17.1. The molecule has 1 unspecified atom stereocenters. The van der Waals surface area contributed by atoms with Crippen molar-refractivity contribution in [3.8, 4) is 11.4 Å². The van der Waals surface area contributed by atoms with Crippen molar-refractivity contribution in [3.05, 3.63) is 29.3 Å². The highest BCUT2D eigenvalue weighted by molar-refractivity contribution is 6.30. The summed E-state index contributed by atoms with van der Waals surface area (Å²) >= 11 is 5.87. The minimum atomic E-state index is 0. The van der Waals surface area contributed by atoms with Crippen LogP contribution in [0.1, 0.15) is 19.8 Å². The number of nitrogens with two attached hydrogens (primary N) is 1. The fourth-order valence-electron chi connectivity index (χ4n) is 2.92. The second-order valence-electron chi connectivity index (χ2n) is 6.23. The summed E-state index contributed by atoms with van der Waals surface area (Å²) in [5.41, 5.74) is 6.75. The first-order valence-corrected chi connectivity index (χ1v) is 8.48. The lowest BCUT2D eigenvalue weighted by Gasteiger charge is -2.33. The maximum atomic E-state index is 12.4. The van der Waals surface area contributed by atoms with E-state index in [0.717, 1.165) is 31.5 Å². The normalized spacial score (nSPS) is 16.4. The Hall–Kier alpha value is -1.70. The van der Waals surface area contributed by atoms with Gasteiger partial charge in [-0.05, 0) is 55.2 Å². The summed E-state index contributed by atoms with van der Waals surface area (Å²) in [5, 5.41) is 12.9. The number of rotatable bonds is 4. The Labute approximate surface area is 157 Å². The minimum absolute atomic E-state index is 0. The first-order chi connectivity index (χ1) is 11.5. The SMILES string of the molecule is CC(N)C1CCN(C(=O)Cn2nnc(-c3ccc(Cl)cc3)n2)CC1.Cl. The van der Waals surface area contributed by atoms with E-state index in [4.69, 9.17) is 17.3 Å². The Morgan fingerprint density at radius 3 is 2.56 bits per heavy atom. The molecule has 2 heterocycles. The zero-order valence-electron chi connectivity index (χ0n) is 14.0. The number of hydrogen-bond donors (Lipinski definition) is 1. The average molecular weight is 385 g/mol. The Bertz CT molecular complexity index is 695. The number of aromatic nitrogens is 4. The number of carbonyl (C=O) groups is 1. The molecule has 9 heteroatoms. The molecule has 0 radical (unpaired) electrons. The standard InChI is InChI=1S/C16H21ClN6O.ClH/c1-11(18)12-6-8-22(9-7-12)15(24)10-23-20-16(19-21-23)13-2-4-14(17)5-3-13;/h2-5,11-12H,6-10,18H2,1H3;1H. The van der Waals surface area contributed by atoms with Gasteiger partial charge >= 0.3 is 0 Å². The number of piperidine rings is 1. The lowest BCUT2D eigenvalue weighted by molar-refractivity contribution is -0.133. The summed E-state index contributed by atoms with van der Waals surface area (Å²) in [6, 6.07) is 7.37. The summed E-state index contributed by atoms with van der Waals surface area (Å²) in [4.78, 5) is 15.6. The molecular formula is C16H22Cl2N6O. The summed E-state index contributed by atoms with van der Waals surface area (Å²) < 4.78 is 0. The number of hydrogen-bond acceptors (Lipinski definition) is 5. The average Bonchev–Trinajstić information content (AvgIpc) is 3.04. The number of benzene rings is 1. The molecule has 0 spiro atoms. The Balaban J connectivity index is 0.00000225. The lowest BCUT2D eigenvalue weighted by atomic mass is 9.91. The van der Waals surface area contributed by atoms with Gasteiger partial charge in [0, 0.05) is 29.7 Å². The molecule has 0 saturated carbocycles. The fourth-order valence-corrected chi connectivity index (χ4v) is 3.05. The molecule has 25 heavy (non-hydrogen) atoms. The Morgan fingerprint density at radius 2 is 1.96 bits per heavy atom. The van der Waals surface area contributed by atoms with E-state index < -0.39 is 0 Å². The van der Waals surface area contributed by atoms with E-state index in [1.807, 2.05) is 24.0 Å². The maximum absolute atomic E-state index is 12.4. The topological polar surface area (TPSA) is 89.9 Å². The van der Waals surface area contributed by atoms with Gasteiger partial charge in [0.15, 0.2) is 0 Å². The van der Waals surface area contributed by atoms with Crippen molar-refractivity contribution in [1.82, 2.24) is 25.1 Å². The van der Waals surface area contributed by atoms with Gasteiger partial charge in [0.2, 0.25) is 11.7 Å². The number of amides is 1. The number of tetrazole rings is 1. The van der Waals surface area contributed by atoms with Crippen LogP contribution in [-0.4, -0.2) is 50.1 Å². The van der Waals surface area contributed by atoms with E-state index in [2.05, 4.69) is 15.4 Å². The molecule has 2 N–H and O–H groups in total. The van der Waals surface area contributed by atoms with Gasteiger partial charge in [-0.15, -0.1) is 22.6 Å². The highest BCUT2D eigenvalue weighted by Gasteiger charge is 2.25. The smallest absolute Gasteiger partial charge is 0.246 e. The van der Waals surface area contributed by atoms with Gasteiger partial charge < -0.3 is 10.6 Å². The highest BCUT2D eigenvalue weighted by Crippen LogP contribution is 2.20. The third kappa shape index (κ3) is 4.90. The third-order valence-corrected chi connectivity index (χ3v) is 4.72. The van der Waals surface area contributed by atoms with Gasteiger partial charge in [0.1, 0.15) is 6.54 Å². The van der Waals surface area contributed by atoms with Gasteiger partial charge in [-0.25, -0.2) is 0 Å². The molecule has 1 saturated heterocycles. The first-order valence-electron chi connectivity index (χ1n) is 8.10. The lowest BCUT2D eigenvalue weighted by Crippen LogP contribution is -2.43. The molecule has 1 aliphatic rings.